The Balaban J connectivity index is 0.00000176. The van der Waals surface area contributed by atoms with Crippen LogP contribution in [0.5, 0.6) is 0 Å². The van der Waals surface area contributed by atoms with Crippen LogP contribution in [0.3, 0.4) is 0 Å². The fourth-order valence-corrected chi connectivity index (χ4v) is 2.45. The minimum atomic E-state index is -0.331. The molecule has 1 aromatic carbocycles. The number of rotatable bonds is 3. The molecule has 0 bridgehead atoms. The van der Waals surface area contributed by atoms with Crippen LogP contribution < -0.4 is 10.6 Å². The quantitative estimate of drug-likeness (QED) is 0.912. The number of amides is 1. The first-order chi connectivity index (χ1) is 10.2. The van der Waals surface area contributed by atoms with Gasteiger partial charge in [0.2, 0.25) is 0 Å². The van der Waals surface area contributed by atoms with Crippen LogP contribution in [0.25, 0.3) is 0 Å². The van der Waals surface area contributed by atoms with Gasteiger partial charge in [0.05, 0.1) is 6.04 Å². The van der Waals surface area contributed by atoms with Crippen LogP contribution >= 0.6 is 12.4 Å². The highest BCUT2D eigenvalue weighted by Crippen LogP contribution is 2.16. The molecule has 1 aromatic heterocycles. The van der Waals surface area contributed by atoms with Crippen LogP contribution in [-0.2, 0) is 0 Å². The zero-order valence-electron chi connectivity index (χ0n) is 12.0. The van der Waals surface area contributed by atoms with Crippen LogP contribution in [0.15, 0.2) is 36.5 Å². The second-order valence-electron chi connectivity index (χ2n) is 5.14. The largest absolute Gasteiger partial charge is 0.321 e. The first-order valence-electron chi connectivity index (χ1n) is 7.05. The summed E-state index contributed by atoms with van der Waals surface area (Å²) in [5.41, 5.74) is 0.917. The average Bonchev–Trinajstić information content (AvgIpc) is 3.00. The van der Waals surface area contributed by atoms with Crippen molar-refractivity contribution in [3.8, 4) is 0 Å². The highest BCUT2D eigenvalue weighted by Gasteiger charge is 2.17. The van der Waals surface area contributed by atoms with Gasteiger partial charge in [0.15, 0.2) is 5.69 Å². The first-order valence-corrected chi connectivity index (χ1v) is 7.05. The van der Waals surface area contributed by atoms with Gasteiger partial charge in [-0.05, 0) is 49.7 Å². The summed E-state index contributed by atoms with van der Waals surface area (Å²) >= 11 is 0. The van der Waals surface area contributed by atoms with E-state index in [2.05, 4.69) is 15.7 Å². The monoisotopic (exact) mass is 324 g/mol. The van der Waals surface area contributed by atoms with Crippen molar-refractivity contribution >= 4 is 24.0 Å². The van der Waals surface area contributed by atoms with E-state index in [0.717, 1.165) is 25.9 Å². The van der Waals surface area contributed by atoms with Gasteiger partial charge in [-0.1, -0.05) is 0 Å². The molecule has 22 heavy (non-hydrogen) atoms. The molecule has 0 spiro atoms. The third kappa shape index (κ3) is 3.84. The minimum absolute atomic E-state index is 0. The Morgan fingerprint density at radius 1 is 1.32 bits per heavy atom. The minimum Gasteiger partial charge on any atom is -0.321 e. The molecule has 7 heteroatoms. The molecule has 1 aliphatic rings. The van der Waals surface area contributed by atoms with Gasteiger partial charge in [-0.2, -0.15) is 5.10 Å². The fourth-order valence-electron chi connectivity index (χ4n) is 2.45. The van der Waals surface area contributed by atoms with E-state index in [4.69, 9.17) is 0 Å². The van der Waals surface area contributed by atoms with Crippen molar-refractivity contribution in [1.29, 1.82) is 0 Å². The predicted octanol–water partition coefficient (Wildman–Crippen LogP) is 2.62. The molecule has 5 nitrogen and oxygen atoms in total. The summed E-state index contributed by atoms with van der Waals surface area (Å²) in [7, 11) is 0. The molecule has 2 heterocycles. The molecule has 0 aliphatic carbocycles. The van der Waals surface area contributed by atoms with Crippen LogP contribution in [0.4, 0.5) is 10.1 Å². The Hall–Kier alpha value is -1.92. The number of piperidine rings is 1. The van der Waals surface area contributed by atoms with Crippen LogP contribution in [0.2, 0.25) is 0 Å². The number of anilines is 1. The molecule has 1 saturated heterocycles. The highest BCUT2D eigenvalue weighted by atomic mass is 35.5. The molecule has 2 N–H and O–H groups in total. The molecule has 3 rings (SSSR count). The highest BCUT2D eigenvalue weighted by molar-refractivity contribution is 6.02. The van der Waals surface area contributed by atoms with Gasteiger partial charge in [0.25, 0.3) is 5.91 Å². The Bertz CT molecular complexity index is 623. The molecular weight excluding hydrogens is 307 g/mol. The Morgan fingerprint density at radius 3 is 2.77 bits per heavy atom. The van der Waals surface area contributed by atoms with E-state index in [0.29, 0.717) is 17.4 Å². The Kier molecular flexibility index (Phi) is 5.51. The lowest BCUT2D eigenvalue weighted by molar-refractivity contribution is 0.102. The zero-order valence-corrected chi connectivity index (χ0v) is 12.8. The van der Waals surface area contributed by atoms with Gasteiger partial charge in [0.1, 0.15) is 5.82 Å². The number of carbonyl (C=O) groups is 1. The van der Waals surface area contributed by atoms with Crippen molar-refractivity contribution in [2.45, 2.75) is 18.9 Å². The zero-order chi connectivity index (χ0) is 14.7. The van der Waals surface area contributed by atoms with Gasteiger partial charge in [-0.25, -0.2) is 4.39 Å². The number of halogens is 2. The van der Waals surface area contributed by atoms with E-state index < -0.39 is 0 Å². The van der Waals surface area contributed by atoms with E-state index in [1.54, 1.807) is 6.07 Å². The van der Waals surface area contributed by atoms with Crippen LogP contribution in [0, 0.1) is 5.82 Å². The summed E-state index contributed by atoms with van der Waals surface area (Å²) in [5.74, 6) is -0.619. The molecule has 1 amide bonds. The molecule has 0 saturated carbocycles. The predicted molar refractivity (Wildman–Crippen MR) is 85.0 cm³/mol. The van der Waals surface area contributed by atoms with Crippen LogP contribution in [-0.4, -0.2) is 28.8 Å². The number of hydrogen-bond acceptors (Lipinski definition) is 3. The van der Waals surface area contributed by atoms with Crippen molar-refractivity contribution < 1.29 is 9.18 Å². The van der Waals surface area contributed by atoms with Crippen LogP contribution in [0.1, 0.15) is 29.4 Å². The van der Waals surface area contributed by atoms with E-state index in [1.807, 2.05) is 10.9 Å². The number of carbonyl (C=O) groups excluding carboxylic acids is 1. The number of aromatic nitrogens is 2. The smallest absolute Gasteiger partial charge is 0.276 e. The number of nitrogens with zero attached hydrogens (tertiary/aromatic N) is 2. The lowest BCUT2D eigenvalue weighted by Gasteiger charge is -2.22. The molecule has 2 aromatic rings. The lowest BCUT2D eigenvalue weighted by Crippen LogP contribution is -2.32. The van der Waals surface area contributed by atoms with E-state index in [-0.39, 0.29) is 24.1 Å². The average molecular weight is 325 g/mol. The van der Waals surface area contributed by atoms with Gasteiger partial charge in [0, 0.05) is 18.4 Å². The Labute approximate surface area is 134 Å². The van der Waals surface area contributed by atoms with Crippen molar-refractivity contribution in [2.75, 3.05) is 18.4 Å². The van der Waals surface area contributed by atoms with Gasteiger partial charge in [-0.15, -0.1) is 12.4 Å². The summed E-state index contributed by atoms with van der Waals surface area (Å²) in [6.45, 7) is 1.91. The van der Waals surface area contributed by atoms with E-state index in [1.165, 1.54) is 24.3 Å². The van der Waals surface area contributed by atoms with E-state index in [9.17, 15) is 9.18 Å². The van der Waals surface area contributed by atoms with Crippen molar-refractivity contribution in [1.82, 2.24) is 15.1 Å². The molecular formula is C15H18ClFN4O. The molecule has 118 valence electrons. The van der Waals surface area contributed by atoms with Crippen molar-refractivity contribution in [3.63, 3.8) is 0 Å². The second kappa shape index (κ2) is 7.38. The second-order valence-corrected chi connectivity index (χ2v) is 5.14. The molecule has 1 aliphatic heterocycles. The SMILES string of the molecule is Cl.O=C(Nc1ccc(F)cc1)c1ccn(C2CCCNC2)n1. The van der Waals surface area contributed by atoms with Gasteiger partial charge >= 0.3 is 0 Å². The topological polar surface area (TPSA) is 59.0 Å². The summed E-state index contributed by atoms with van der Waals surface area (Å²) in [5, 5.41) is 10.4. The van der Waals surface area contributed by atoms with Crippen molar-refractivity contribution in [3.05, 3.63) is 48.0 Å². The molecule has 0 radical (unpaired) electrons. The van der Waals surface area contributed by atoms with Gasteiger partial charge in [-0.3, -0.25) is 9.48 Å². The number of nitrogens with one attached hydrogen (secondary N) is 2. The fraction of sp³-hybridized carbons (Fsp3) is 0.333. The summed E-state index contributed by atoms with van der Waals surface area (Å²) < 4.78 is 14.7. The number of hydrogen-bond donors (Lipinski definition) is 2. The molecule has 1 unspecified atom stereocenters. The normalized spacial score (nSPS) is 17.6. The number of benzene rings is 1. The summed E-state index contributed by atoms with van der Waals surface area (Å²) in [6, 6.07) is 7.66. The molecule has 1 fully saturated rings. The third-order valence-electron chi connectivity index (χ3n) is 3.59. The standard InChI is InChI=1S/C15H17FN4O.ClH/c16-11-3-5-12(6-4-11)18-15(21)14-7-9-20(19-14)13-2-1-8-17-10-13;/h3-7,9,13,17H,1-2,8,10H2,(H,18,21);1H. The maximum atomic E-state index is 12.8. The van der Waals surface area contributed by atoms with Crippen molar-refractivity contribution in [2.24, 2.45) is 0 Å². The lowest BCUT2D eigenvalue weighted by atomic mass is 10.1. The maximum Gasteiger partial charge on any atom is 0.276 e. The summed E-state index contributed by atoms with van der Waals surface area (Å²) in [6.07, 6.45) is 4.01. The Morgan fingerprint density at radius 2 is 2.09 bits per heavy atom. The van der Waals surface area contributed by atoms with Gasteiger partial charge < -0.3 is 10.6 Å². The third-order valence-corrected chi connectivity index (χ3v) is 3.59. The maximum absolute atomic E-state index is 12.8. The summed E-state index contributed by atoms with van der Waals surface area (Å²) in [4.78, 5) is 12.1. The van der Waals surface area contributed by atoms with E-state index >= 15 is 0 Å². The molecule has 1 atom stereocenters. The first kappa shape index (κ1) is 16.5.